The van der Waals surface area contributed by atoms with Crippen LogP contribution in [-0.4, -0.2) is 29.8 Å². The Morgan fingerprint density at radius 2 is 1.68 bits per heavy atom. The maximum absolute atomic E-state index is 11.4. The van der Waals surface area contributed by atoms with Crippen LogP contribution >= 0.6 is 0 Å². The molecule has 3 aromatic rings. The van der Waals surface area contributed by atoms with E-state index in [0.29, 0.717) is 13.2 Å². The summed E-state index contributed by atoms with van der Waals surface area (Å²) in [6, 6.07) is 27.0. The average Bonchev–Trinajstić information content (AvgIpc) is 3.17. The minimum Gasteiger partial charge on any atom is -0.481 e. The zero-order valence-corrected chi connectivity index (χ0v) is 17.9. The number of nitrogens with zero attached hydrogens (tertiary/aromatic N) is 1. The molecule has 2 unspecified atom stereocenters. The van der Waals surface area contributed by atoms with Gasteiger partial charge in [0, 0.05) is 18.3 Å². The third kappa shape index (κ3) is 5.53. The fraction of sp³-hybridized carbons (Fsp3) is 0.296. The average molecular weight is 416 g/mol. The van der Waals surface area contributed by atoms with E-state index in [4.69, 9.17) is 4.74 Å². The highest BCUT2D eigenvalue weighted by Gasteiger charge is 2.34. The molecule has 31 heavy (non-hydrogen) atoms. The summed E-state index contributed by atoms with van der Waals surface area (Å²) in [6.45, 7) is 3.40. The molecule has 1 fully saturated rings. The number of carboxylic acid groups (broad SMARTS) is 1. The van der Waals surface area contributed by atoms with Gasteiger partial charge in [-0.2, -0.15) is 0 Å². The second-order valence-electron chi connectivity index (χ2n) is 8.33. The second-order valence-corrected chi connectivity index (χ2v) is 8.33. The molecule has 1 aliphatic heterocycles. The van der Waals surface area contributed by atoms with Crippen LogP contribution < -0.4 is 4.90 Å². The van der Waals surface area contributed by atoms with Crippen molar-refractivity contribution < 1.29 is 14.6 Å². The van der Waals surface area contributed by atoms with Crippen LogP contribution in [0.1, 0.15) is 35.1 Å². The number of carboxylic acids is 1. The molecule has 1 N–H and O–H groups in total. The predicted molar refractivity (Wildman–Crippen MR) is 123 cm³/mol. The molecule has 4 rings (SSSR count). The fourth-order valence-corrected chi connectivity index (χ4v) is 4.33. The fourth-order valence-electron chi connectivity index (χ4n) is 4.33. The van der Waals surface area contributed by atoms with E-state index < -0.39 is 5.97 Å². The lowest BCUT2D eigenvalue weighted by Gasteiger charge is -2.25. The normalized spacial score (nSPS) is 18.3. The molecule has 4 nitrogen and oxygen atoms in total. The lowest BCUT2D eigenvalue weighted by atomic mass is 10.0. The first-order chi connectivity index (χ1) is 15.1. The summed E-state index contributed by atoms with van der Waals surface area (Å²) in [6.07, 6.45) is 1.77. The summed E-state index contributed by atoms with van der Waals surface area (Å²) in [5, 5.41) is 9.40. The van der Waals surface area contributed by atoms with Gasteiger partial charge in [-0.25, -0.2) is 0 Å². The maximum Gasteiger partial charge on any atom is 0.305 e. The van der Waals surface area contributed by atoms with E-state index in [9.17, 15) is 9.90 Å². The van der Waals surface area contributed by atoms with Gasteiger partial charge in [-0.3, -0.25) is 4.79 Å². The molecule has 4 heteroatoms. The molecular weight excluding hydrogens is 386 g/mol. The Morgan fingerprint density at radius 1 is 0.968 bits per heavy atom. The van der Waals surface area contributed by atoms with Crippen molar-refractivity contribution in [2.45, 2.75) is 44.9 Å². The summed E-state index contributed by atoms with van der Waals surface area (Å²) in [4.78, 5) is 13.6. The monoisotopic (exact) mass is 415 g/mol. The van der Waals surface area contributed by atoms with Gasteiger partial charge in [0.2, 0.25) is 0 Å². The molecule has 0 spiro atoms. The van der Waals surface area contributed by atoms with Crippen LogP contribution in [0.3, 0.4) is 0 Å². The molecule has 0 amide bonds. The molecule has 0 aliphatic carbocycles. The first-order valence-corrected chi connectivity index (χ1v) is 10.9. The molecule has 2 atom stereocenters. The molecule has 0 radical (unpaired) electrons. The number of anilines is 1. The summed E-state index contributed by atoms with van der Waals surface area (Å²) in [5.74, 6) is -0.769. The van der Waals surface area contributed by atoms with Crippen LogP contribution in [0.25, 0.3) is 0 Å². The largest absolute Gasteiger partial charge is 0.481 e. The minimum absolute atomic E-state index is 0.0243. The highest BCUT2D eigenvalue weighted by Crippen LogP contribution is 2.30. The van der Waals surface area contributed by atoms with Gasteiger partial charge in [-0.05, 0) is 54.2 Å². The van der Waals surface area contributed by atoms with Crippen molar-refractivity contribution in [2.75, 3.05) is 11.4 Å². The van der Waals surface area contributed by atoms with Crippen LogP contribution in [0.2, 0.25) is 0 Å². The first kappa shape index (κ1) is 21.1. The third-order valence-electron chi connectivity index (χ3n) is 6.04. The van der Waals surface area contributed by atoms with Gasteiger partial charge in [-0.15, -0.1) is 0 Å². The van der Waals surface area contributed by atoms with Gasteiger partial charge in [0.05, 0.1) is 19.1 Å². The Balaban J connectivity index is 1.44. The van der Waals surface area contributed by atoms with Crippen molar-refractivity contribution in [3.8, 4) is 0 Å². The molecule has 0 saturated carbocycles. The van der Waals surface area contributed by atoms with Crippen LogP contribution in [0.5, 0.6) is 0 Å². The molecule has 1 saturated heterocycles. The van der Waals surface area contributed by atoms with Crippen molar-refractivity contribution >= 4 is 11.7 Å². The van der Waals surface area contributed by atoms with Crippen LogP contribution in [0.15, 0.2) is 78.9 Å². The van der Waals surface area contributed by atoms with E-state index in [0.717, 1.165) is 24.1 Å². The van der Waals surface area contributed by atoms with E-state index in [-0.39, 0.29) is 18.6 Å². The van der Waals surface area contributed by atoms with E-state index in [2.05, 4.69) is 72.5 Å². The summed E-state index contributed by atoms with van der Waals surface area (Å²) < 4.78 is 6.13. The van der Waals surface area contributed by atoms with E-state index in [1.54, 1.807) is 0 Å². The van der Waals surface area contributed by atoms with Crippen molar-refractivity contribution in [2.24, 2.45) is 0 Å². The lowest BCUT2D eigenvalue weighted by molar-refractivity contribution is -0.137. The quantitative estimate of drug-likeness (QED) is 0.548. The van der Waals surface area contributed by atoms with Crippen molar-refractivity contribution in [1.82, 2.24) is 0 Å². The van der Waals surface area contributed by atoms with E-state index in [1.807, 2.05) is 18.2 Å². The summed E-state index contributed by atoms with van der Waals surface area (Å²) in [5.41, 5.74) is 6.08. The molecular formula is C27H29NO3. The smallest absolute Gasteiger partial charge is 0.305 e. The molecule has 1 heterocycles. The van der Waals surface area contributed by atoms with Crippen molar-refractivity contribution in [3.63, 3.8) is 0 Å². The molecule has 1 aliphatic rings. The number of aryl methyl sites for hydroxylation is 1. The van der Waals surface area contributed by atoms with Gasteiger partial charge in [0.25, 0.3) is 0 Å². The number of ether oxygens (including phenoxy) is 1. The second kappa shape index (κ2) is 9.80. The van der Waals surface area contributed by atoms with Crippen molar-refractivity contribution in [1.29, 1.82) is 0 Å². The number of benzene rings is 3. The predicted octanol–water partition coefficient (Wildman–Crippen LogP) is 5.22. The SMILES string of the molecule is Cc1ccccc1Cc1ccc(N2CC(OCc3ccccc3)CC2CC(=O)O)cc1. The highest BCUT2D eigenvalue weighted by molar-refractivity contribution is 5.69. The van der Waals surface area contributed by atoms with Gasteiger partial charge < -0.3 is 14.7 Å². The zero-order chi connectivity index (χ0) is 21.6. The molecule has 0 bridgehead atoms. The van der Waals surface area contributed by atoms with Gasteiger partial charge in [-0.1, -0.05) is 66.7 Å². The first-order valence-electron chi connectivity index (χ1n) is 10.9. The van der Waals surface area contributed by atoms with E-state index in [1.165, 1.54) is 16.7 Å². The molecule has 3 aromatic carbocycles. The third-order valence-corrected chi connectivity index (χ3v) is 6.04. The van der Waals surface area contributed by atoms with Crippen molar-refractivity contribution in [3.05, 3.63) is 101 Å². The van der Waals surface area contributed by atoms with Gasteiger partial charge in [0.1, 0.15) is 0 Å². The summed E-state index contributed by atoms with van der Waals surface area (Å²) in [7, 11) is 0. The van der Waals surface area contributed by atoms with Gasteiger partial charge in [0.15, 0.2) is 0 Å². The Morgan fingerprint density at radius 3 is 2.39 bits per heavy atom. The number of carbonyl (C=O) groups is 1. The van der Waals surface area contributed by atoms with Crippen LogP contribution in [-0.2, 0) is 22.6 Å². The van der Waals surface area contributed by atoms with Gasteiger partial charge >= 0.3 is 5.97 Å². The molecule has 0 aromatic heterocycles. The number of hydrogen-bond donors (Lipinski definition) is 1. The topological polar surface area (TPSA) is 49.8 Å². The standard InChI is InChI=1S/C27H29NO3/c1-20-7-5-6-10-23(20)15-21-11-13-24(14-12-21)28-18-26(16-25(28)17-27(29)30)31-19-22-8-3-2-4-9-22/h2-14,25-26H,15-19H2,1H3,(H,29,30). The Hall–Kier alpha value is -3.11. The molecule has 160 valence electrons. The number of rotatable bonds is 8. The number of hydrogen-bond acceptors (Lipinski definition) is 3. The van der Waals surface area contributed by atoms with Crippen LogP contribution in [0.4, 0.5) is 5.69 Å². The Kier molecular flexibility index (Phi) is 6.68. The summed E-state index contributed by atoms with van der Waals surface area (Å²) >= 11 is 0. The minimum atomic E-state index is -0.769. The highest BCUT2D eigenvalue weighted by atomic mass is 16.5. The Bertz CT molecular complexity index is 1000. The zero-order valence-electron chi connectivity index (χ0n) is 17.9. The maximum atomic E-state index is 11.4. The lowest BCUT2D eigenvalue weighted by Crippen LogP contribution is -2.31. The Labute approximate surface area is 184 Å². The van der Waals surface area contributed by atoms with Crippen LogP contribution in [0, 0.1) is 6.92 Å². The number of aliphatic carboxylic acids is 1. The van der Waals surface area contributed by atoms with E-state index >= 15 is 0 Å².